The molecule has 0 saturated heterocycles. The fourth-order valence-electron chi connectivity index (χ4n) is 1.45. The molecule has 2 aromatic carbocycles. The molecule has 15 heavy (non-hydrogen) atoms. The Labute approximate surface area is 101 Å². The lowest BCUT2D eigenvalue weighted by Crippen LogP contribution is -1.86. The highest BCUT2D eigenvalue weighted by Gasteiger charge is 1.95. The largest absolute Gasteiger partial charge is 0.508 e. The number of benzene rings is 2. The Morgan fingerprint density at radius 2 is 1.27 bits per heavy atom. The summed E-state index contributed by atoms with van der Waals surface area (Å²) in [5, 5.41) is 9.12. The average molecular weight is 214 g/mol. The molecule has 0 unspecified atom stereocenters. The van der Waals surface area contributed by atoms with Crippen LogP contribution in [0.5, 0.6) is 5.75 Å². The van der Waals surface area contributed by atoms with Crippen molar-refractivity contribution in [1.82, 2.24) is 0 Å². The molecule has 2 heteroatoms. The second kappa shape index (κ2) is 5.60. The van der Waals surface area contributed by atoms with Crippen LogP contribution in [0.1, 0.15) is 11.1 Å². The highest BCUT2D eigenvalue weighted by molar-refractivity contribution is 5.75. The van der Waals surface area contributed by atoms with Gasteiger partial charge in [0, 0.05) is 0 Å². The number of phenols is 1. The molecule has 0 spiro atoms. The van der Waals surface area contributed by atoms with Crippen LogP contribution in [0, 0.1) is 0 Å². The molecule has 0 aliphatic carbocycles. The van der Waals surface area contributed by atoms with Gasteiger partial charge in [0.15, 0.2) is 17.4 Å². The molecule has 0 aliphatic rings. The number of hydrogen-bond donors (Lipinski definition) is 1. The quantitative estimate of drug-likeness (QED) is 0.756. The van der Waals surface area contributed by atoms with Gasteiger partial charge >= 0.3 is 0 Å². The van der Waals surface area contributed by atoms with Crippen LogP contribution in [-0.4, -0.2) is 22.5 Å². The summed E-state index contributed by atoms with van der Waals surface area (Å²) in [5.74, 6) is 0.321. The van der Waals surface area contributed by atoms with Crippen molar-refractivity contribution in [3.05, 3.63) is 65.7 Å². The fourth-order valence-corrected chi connectivity index (χ4v) is 1.45. The van der Waals surface area contributed by atoms with Crippen LogP contribution in [0.25, 0.3) is 0 Å². The van der Waals surface area contributed by atoms with E-state index in [2.05, 4.69) is 12.1 Å². The Bertz CT molecular complexity index is 395. The lowest BCUT2D eigenvalue weighted by atomic mass is 10.1. The Balaban J connectivity index is 0.00000112. The molecule has 0 heterocycles. The van der Waals surface area contributed by atoms with E-state index in [-0.39, 0.29) is 17.4 Å². The van der Waals surface area contributed by atoms with E-state index >= 15 is 0 Å². The molecule has 2 rings (SSSR count). The molecule has 0 saturated carbocycles. The number of hydrogen-bond acceptors (Lipinski definition) is 1. The normalized spacial score (nSPS) is 9.33. The van der Waals surface area contributed by atoms with Gasteiger partial charge in [0.25, 0.3) is 0 Å². The van der Waals surface area contributed by atoms with Gasteiger partial charge < -0.3 is 5.11 Å². The van der Waals surface area contributed by atoms with Crippen molar-refractivity contribution < 1.29 is 5.11 Å². The zero-order chi connectivity index (χ0) is 9.80. The average Bonchev–Trinajstić information content (AvgIpc) is 2.23. The molecule has 0 fully saturated rings. The van der Waals surface area contributed by atoms with Crippen LogP contribution in [0.2, 0.25) is 0 Å². The Morgan fingerprint density at radius 1 is 0.733 bits per heavy atom. The number of phenolic OH excluding ortho intramolecular Hbond substituents is 1. The smallest absolute Gasteiger partial charge is 0.187 e. The summed E-state index contributed by atoms with van der Waals surface area (Å²) >= 11 is 0. The van der Waals surface area contributed by atoms with E-state index in [1.165, 1.54) is 11.1 Å². The summed E-state index contributed by atoms with van der Waals surface area (Å²) in [6.45, 7) is 0. The lowest BCUT2D eigenvalue weighted by Gasteiger charge is -2.01. The first-order valence-electron chi connectivity index (χ1n) is 4.66. The van der Waals surface area contributed by atoms with Crippen molar-refractivity contribution in [3.63, 3.8) is 0 Å². The van der Waals surface area contributed by atoms with E-state index in [4.69, 9.17) is 5.11 Å². The van der Waals surface area contributed by atoms with Crippen molar-refractivity contribution in [2.75, 3.05) is 0 Å². The Morgan fingerprint density at radius 3 is 1.87 bits per heavy atom. The van der Waals surface area contributed by atoms with Crippen molar-refractivity contribution in [3.8, 4) is 5.75 Å². The molecule has 0 amide bonds. The summed E-state index contributed by atoms with van der Waals surface area (Å²) in [7, 11) is 0. The first-order chi connectivity index (χ1) is 6.84. The molecule has 1 nitrogen and oxygen atoms in total. The summed E-state index contributed by atoms with van der Waals surface area (Å²) in [4.78, 5) is 0. The maximum Gasteiger partial charge on any atom is 0.187 e. The molecule has 0 aromatic heterocycles. The van der Waals surface area contributed by atoms with Gasteiger partial charge in [-0.15, -0.1) is 0 Å². The van der Waals surface area contributed by atoms with Crippen LogP contribution in [0.4, 0.5) is 0 Å². The van der Waals surface area contributed by atoms with E-state index in [9.17, 15) is 0 Å². The van der Waals surface area contributed by atoms with Crippen molar-refractivity contribution in [2.45, 2.75) is 6.42 Å². The predicted octanol–water partition coefficient (Wildman–Crippen LogP) is 1.80. The molecule has 76 valence electrons. The van der Waals surface area contributed by atoms with Gasteiger partial charge in [0.2, 0.25) is 0 Å². The van der Waals surface area contributed by atoms with E-state index < -0.39 is 0 Å². The highest BCUT2D eigenvalue weighted by atomic mass is 27.0. The zero-order valence-corrected chi connectivity index (χ0v) is 7.85. The first kappa shape index (κ1) is 11.8. The lowest BCUT2D eigenvalue weighted by molar-refractivity contribution is 0.475. The van der Waals surface area contributed by atoms with E-state index in [0.717, 1.165) is 6.42 Å². The molecule has 0 bridgehead atoms. The molecule has 0 aliphatic heterocycles. The molecule has 2 aromatic rings. The zero-order valence-electron chi connectivity index (χ0n) is 7.85. The van der Waals surface area contributed by atoms with Gasteiger partial charge in [0.05, 0.1) is 0 Å². The summed E-state index contributed by atoms with van der Waals surface area (Å²) < 4.78 is 0. The molecule has 0 radical (unpaired) electrons. The second-order valence-electron chi connectivity index (χ2n) is 3.33. The Kier molecular flexibility index (Phi) is 4.43. The summed E-state index contributed by atoms with van der Waals surface area (Å²) in [6.07, 6.45) is 0.918. The van der Waals surface area contributed by atoms with Crippen LogP contribution in [0.3, 0.4) is 0 Å². The van der Waals surface area contributed by atoms with Crippen LogP contribution in [-0.2, 0) is 6.42 Å². The van der Waals surface area contributed by atoms with Crippen LogP contribution in [0.15, 0.2) is 54.6 Å². The third-order valence-corrected chi connectivity index (χ3v) is 2.19. The molecule has 1 N–H and O–H groups in total. The molecular weight excluding hydrogens is 199 g/mol. The predicted molar refractivity (Wildman–Crippen MR) is 67.3 cm³/mol. The van der Waals surface area contributed by atoms with Gasteiger partial charge in [-0.05, 0) is 29.7 Å². The van der Waals surface area contributed by atoms with E-state index in [1.54, 1.807) is 12.1 Å². The van der Waals surface area contributed by atoms with E-state index in [0.29, 0.717) is 5.75 Å². The number of rotatable bonds is 2. The molecule has 0 atom stereocenters. The topological polar surface area (TPSA) is 20.2 Å². The summed E-state index contributed by atoms with van der Waals surface area (Å²) in [5.41, 5.74) is 2.51. The summed E-state index contributed by atoms with van der Waals surface area (Å²) in [6, 6.07) is 17.6. The minimum Gasteiger partial charge on any atom is -0.508 e. The van der Waals surface area contributed by atoms with Gasteiger partial charge in [-0.25, -0.2) is 0 Å². The SMILES string of the molecule is Oc1ccc(Cc2ccccc2)cc1.[AlH3]. The first-order valence-corrected chi connectivity index (χ1v) is 4.66. The van der Waals surface area contributed by atoms with Gasteiger partial charge in [0.1, 0.15) is 5.75 Å². The van der Waals surface area contributed by atoms with Gasteiger partial charge in [-0.1, -0.05) is 42.5 Å². The maximum absolute atomic E-state index is 9.12. The van der Waals surface area contributed by atoms with Crippen molar-refractivity contribution >= 4 is 17.4 Å². The standard InChI is InChI=1S/C13H12O.Al.3H/c14-13-8-6-12(7-9-13)10-11-4-2-1-3-5-11;;;;/h1-9,14H,10H2;;;;. The highest BCUT2D eigenvalue weighted by Crippen LogP contribution is 2.13. The van der Waals surface area contributed by atoms with Crippen molar-refractivity contribution in [2.24, 2.45) is 0 Å². The van der Waals surface area contributed by atoms with Gasteiger partial charge in [-0.3, -0.25) is 0 Å². The Hall–Kier alpha value is -1.23. The van der Waals surface area contributed by atoms with Crippen molar-refractivity contribution in [1.29, 1.82) is 0 Å². The van der Waals surface area contributed by atoms with Crippen LogP contribution < -0.4 is 0 Å². The van der Waals surface area contributed by atoms with E-state index in [1.807, 2.05) is 30.3 Å². The van der Waals surface area contributed by atoms with Crippen LogP contribution >= 0.6 is 0 Å². The fraction of sp³-hybridized carbons (Fsp3) is 0.0769. The third-order valence-electron chi connectivity index (χ3n) is 2.19. The third kappa shape index (κ3) is 3.44. The minimum atomic E-state index is 0. The minimum absolute atomic E-state index is 0. The number of aromatic hydroxyl groups is 1. The molecular formula is C13H15AlO. The second-order valence-corrected chi connectivity index (χ2v) is 3.33. The monoisotopic (exact) mass is 214 g/mol. The maximum atomic E-state index is 9.12. The van der Waals surface area contributed by atoms with Gasteiger partial charge in [-0.2, -0.15) is 0 Å².